The minimum Gasteiger partial charge on any atom is -0.375 e. The van der Waals surface area contributed by atoms with E-state index in [-0.39, 0.29) is 28.7 Å². The topological polar surface area (TPSA) is 41.6 Å². The molecule has 0 amide bonds. The van der Waals surface area contributed by atoms with Gasteiger partial charge < -0.3 is 5.73 Å². The van der Waals surface area contributed by atoms with E-state index in [4.69, 9.17) is 23.1 Å². The Morgan fingerprint density at radius 3 is 2.33 bits per heavy atom. The number of hydrazone groups is 1. The molecule has 0 saturated heterocycles. The molecule has 2 aliphatic rings. The van der Waals surface area contributed by atoms with Crippen molar-refractivity contribution in [2.75, 3.05) is 0 Å². The molecule has 2 unspecified atom stereocenters. The first-order chi connectivity index (χ1) is 13.0. The Labute approximate surface area is 162 Å². The summed E-state index contributed by atoms with van der Waals surface area (Å²) in [5, 5.41) is 6.61. The Bertz CT molecular complexity index is 919. The Kier molecular flexibility index (Phi) is 4.74. The zero-order chi connectivity index (χ0) is 19.0. The largest absolute Gasteiger partial charge is 0.375 e. The van der Waals surface area contributed by atoms with Gasteiger partial charge in [-0.15, -0.1) is 0 Å². The van der Waals surface area contributed by atoms with Crippen LogP contribution in [0.5, 0.6) is 0 Å². The average Bonchev–Trinajstić information content (AvgIpc) is 3.05. The summed E-state index contributed by atoms with van der Waals surface area (Å²) in [6.45, 7) is 0. The van der Waals surface area contributed by atoms with Gasteiger partial charge in [0.1, 0.15) is 11.6 Å². The number of nitrogens with two attached hydrogens (primary N) is 1. The van der Waals surface area contributed by atoms with Crippen molar-refractivity contribution in [2.24, 2.45) is 16.8 Å². The molecule has 1 heterocycles. The van der Waals surface area contributed by atoms with Crippen molar-refractivity contribution < 1.29 is 8.78 Å². The smallest absolute Gasteiger partial charge is 0.187 e. The number of halogens is 2. The Hall–Kier alpha value is -2.60. The summed E-state index contributed by atoms with van der Waals surface area (Å²) in [5.41, 5.74) is 9.89. The second-order valence-electron chi connectivity index (χ2n) is 6.88. The molecule has 138 valence electrons. The molecule has 3 nitrogen and oxygen atoms in total. The summed E-state index contributed by atoms with van der Waals surface area (Å²) >= 11 is 5.22. The van der Waals surface area contributed by atoms with Crippen molar-refractivity contribution in [1.29, 1.82) is 0 Å². The van der Waals surface area contributed by atoms with E-state index < -0.39 is 0 Å². The molecule has 2 aromatic carbocycles. The number of nitrogens with zero attached hydrogens (tertiary/aromatic N) is 2. The maximum atomic E-state index is 13.4. The van der Waals surface area contributed by atoms with Gasteiger partial charge >= 0.3 is 0 Å². The normalized spacial score (nSPS) is 23.3. The number of benzene rings is 2. The van der Waals surface area contributed by atoms with E-state index in [0.717, 1.165) is 41.7 Å². The van der Waals surface area contributed by atoms with E-state index in [1.165, 1.54) is 24.3 Å². The lowest BCUT2D eigenvalue weighted by atomic mass is 9.77. The molecule has 4 rings (SSSR count). The van der Waals surface area contributed by atoms with Crippen molar-refractivity contribution in [1.82, 2.24) is 5.01 Å². The molecule has 0 aromatic heterocycles. The van der Waals surface area contributed by atoms with Crippen LogP contribution in [0.3, 0.4) is 0 Å². The third kappa shape index (κ3) is 3.49. The SMILES string of the molecule is NC(=S)N1N=C2/C(=C/c3ccc(F)cc3)CCCC2C1c1ccc(F)cc1. The first-order valence-corrected chi connectivity index (χ1v) is 9.33. The third-order valence-electron chi connectivity index (χ3n) is 5.15. The zero-order valence-corrected chi connectivity index (χ0v) is 15.4. The molecule has 0 radical (unpaired) electrons. The van der Waals surface area contributed by atoms with Gasteiger partial charge in [0.25, 0.3) is 0 Å². The van der Waals surface area contributed by atoms with Crippen molar-refractivity contribution in [3.63, 3.8) is 0 Å². The molecular weight excluding hydrogens is 364 g/mol. The first-order valence-electron chi connectivity index (χ1n) is 8.92. The molecule has 2 N–H and O–H groups in total. The van der Waals surface area contributed by atoms with Crippen molar-refractivity contribution >= 4 is 29.1 Å². The highest BCUT2D eigenvalue weighted by Gasteiger charge is 2.42. The molecule has 1 aliphatic heterocycles. The van der Waals surface area contributed by atoms with Gasteiger partial charge in [-0.05, 0) is 78.5 Å². The highest BCUT2D eigenvalue weighted by molar-refractivity contribution is 7.80. The molecule has 0 spiro atoms. The predicted octanol–water partition coefficient (Wildman–Crippen LogP) is 4.80. The van der Waals surface area contributed by atoms with Gasteiger partial charge in [-0.3, -0.25) is 0 Å². The number of fused-ring (bicyclic) bond motifs is 1. The van der Waals surface area contributed by atoms with E-state index >= 15 is 0 Å². The number of thiocarbonyl (C=S) groups is 1. The van der Waals surface area contributed by atoms with Gasteiger partial charge in [-0.2, -0.15) is 5.10 Å². The van der Waals surface area contributed by atoms with Crippen LogP contribution in [-0.2, 0) is 0 Å². The molecule has 2 aromatic rings. The van der Waals surface area contributed by atoms with Gasteiger partial charge in [0.15, 0.2) is 5.11 Å². The second-order valence-corrected chi connectivity index (χ2v) is 7.30. The van der Waals surface area contributed by atoms with E-state index in [1.54, 1.807) is 29.3 Å². The predicted molar refractivity (Wildman–Crippen MR) is 107 cm³/mol. The van der Waals surface area contributed by atoms with Crippen LogP contribution in [-0.4, -0.2) is 15.8 Å². The lowest BCUT2D eigenvalue weighted by Gasteiger charge is -2.29. The standard InChI is InChI=1S/C21H19F2N3S/c22-16-8-4-13(5-9-16)12-15-2-1-3-18-19(15)25-26(21(24)27)20(18)14-6-10-17(23)11-7-14/h4-12,18,20H,1-3H2,(H2,24,27)/b15-12+. The fourth-order valence-corrected chi connectivity index (χ4v) is 4.09. The third-order valence-corrected chi connectivity index (χ3v) is 5.34. The van der Waals surface area contributed by atoms with E-state index in [9.17, 15) is 8.78 Å². The van der Waals surface area contributed by atoms with Crippen LogP contribution in [0.4, 0.5) is 8.78 Å². The summed E-state index contributed by atoms with van der Waals surface area (Å²) in [6, 6.07) is 12.7. The van der Waals surface area contributed by atoms with Gasteiger partial charge in [-0.1, -0.05) is 24.3 Å². The quantitative estimate of drug-likeness (QED) is 0.757. The molecule has 2 atom stereocenters. The summed E-state index contributed by atoms with van der Waals surface area (Å²) in [6.07, 6.45) is 4.92. The van der Waals surface area contributed by atoms with Crippen molar-refractivity contribution in [3.8, 4) is 0 Å². The van der Waals surface area contributed by atoms with Crippen LogP contribution in [0.1, 0.15) is 36.4 Å². The first kappa shape index (κ1) is 17.8. The number of hydrogen-bond donors (Lipinski definition) is 1. The Balaban J connectivity index is 1.72. The summed E-state index contributed by atoms with van der Waals surface area (Å²) in [4.78, 5) is 0. The Morgan fingerprint density at radius 2 is 1.70 bits per heavy atom. The van der Waals surface area contributed by atoms with Crippen LogP contribution in [0.25, 0.3) is 6.08 Å². The molecule has 27 heavy (non-hydrogen) atoms. The minimum atomic E-state index is -0.277. The minimum absolute atomic E-state index is 0.130. The van der Waals surface area contributed by atoms with Crippen LogP contribution >= 0.6 is 12.2 Å². The number of allylic oxidation sites excluding steroid dienone is 1. The van der Waals surface area contributed by atoms with Crippen LogP contribution in [0.15, 0.2) is 59.2 Å². The fourth-order valence-electron chi connectivity index (χ4n) is 3.94. The fraction of sp³-hybridized carbons (Fsp3) is 0.238. The maximum Gasteiger partial charge on any atom is 0.187 e. The molecule has 1 fully saturated rings. The summed E-state index contributed by atoms with van der Waals surface area (Å²) in [7, 11) is 0. The van der Waals surface area contributed by atoms with E-state index in [1.807, 2.05) is 0 Å². The average molecular weight is 383 g/mol. The Morgan fingerprint density at radius 1 is 1.07 bits per heavy atom. The van der Waals surface area contributed by atoms with Crippen molar-refractivity contribution in [3.05, 3.63) is 76.9 Å². The number of rotatable bonds is 2. The zero-order valence-electron chi connectivity index (χ0n) is 14.6. The highest BCUT2D eigenvalue weighted by Crippen LogP contribution is 2.44. The maximum absolute atomic E-state index is 13.4. The monoisotopic (exact) mass is 383 g/mol. The van der Waals surface area contributed by atoms with Gasteiger partial charge in [0, 0.05) is 5.92 Å². The molecule has 0 bridgehead atoms. The van der Waals surface area contributed by atoms with E-state index in [2.05, 4.69) is 6.08 Å². The van der Waals surface area contributed by atoms with Crippen molar-refractivity contribution in [2.45, 2.75) is 25.3 Å². The molecule has 1 saturated carbocycles. The van der Waals surface area contributed by atoms with Crippen LogP contribution in [0, 0.1) is 17.6 Å². The lowest BCUT2D eigenvalue weighted by molar-refractivity contribution is 0.305. The van der Waals surface area contributed by atoms with Gasteiger partial charge in [0.2, 0.25) is 0 Å². The van der Waals surface area contributed by atoms with Gasteiger partial charge in [0.05, 0.1) is 11.8 Å². The second kappa shape index (κ2) is 7.19. The van der Waals surface area contributed by atoms with Gasteiger partial charge in [-0.25, -0.2) is 13.8 Å². The van der Waals surface area contributed by atoms with E-state index in [0.29, 0.717) is 0 Å². The number of hydrogen-bond acceptors (Lipinski definition) is 2. The lowest BCUT2D eigenvalue weighted by Crippen LogP contribution is -2.34. The van der Waals surface area contributed by atoms with Crippen LogP contribution < -0.4 is 5.73 Å². The summed E-state index contributed by atoms with van der Waals surface area (Å²) < 4.78 is 26.5. The molecule has 1 aliphatic carbocycles. The molecular formula is C21H19F2N3S. The highest BCUT2D eigenvalue weighted by atomic mass is 32.1. The summed E-state index contributed by atoms with van der Waals surface area (Å²) in [5.74, 6) is -0.398. The molecule has 6 heteroatoms. The van der Waals surface area contributed by atoms with Crippen LogP contribution in [0.2, 0.25) is 0 Å².